The van der Waals surface area contributed by atoms with E-state index in [9.17, 15) is 8.78 Å². The number of aliphatic imine (C=N–C) groups is 2. The van der Waals surface area contributed by atoms with E-state index in [1.807, 2.05) is 19.1 Å². The topological polar surface area (TPSA) is 61.7 Å². The van der Waals surface area contributed by atoms with Gasteiger partial charge in [-0.2, -0.15) is 0 Å². The number of fused-ring (bicyclic) bond motifs is 3. The molecular formula is C37H48F3N5O2. The van der Waals surface area contributed by atoms with Crippen molar-refractivity contribution in [2.75, 3.05) is 46.1 Å². The van der Waals surface area contributed by atoms with Crippen LogP contribution < -0.4 is 5.32 Å². The third-order valence-electron chi connectivity index (χ3n) is 9.35. The second-order valence-corrected chi connectivity index (χ2v) is 12.9. The molecule has 0 aliphatic carbocycles. The molecule has 10 heteroatoms. The van der Waals surface area contributed by atoms with Crippen molar-refractivity contribution in [3.63, 3.8) is 0 Å². The summed E-state index contributed by atoms with van der Waals surface area (Å²) in [5, 5.41) is 5.10. The van der Waals surface area contributed by atoms with Crippen molar-refractivity contribution in [1.82, 2.24) is 15.1 Å². The fraction of sp³-hybridized carbons (Fsp3) is 0.514. The molecular weight excluding hydrogens is 603 g/mol. The minimum Gasteiger partial charge on any atom is -0.373 e. The zero-order valence-electron chi connectivity index (χ0n) is 28.1. The van der Waals surface area contributed by atoms with E-state index in [1.54, 1.807) is 19.1 Å². The highest BCUT2D eigenvalue weighted by molar-refractivity contribution is 6.03. The van der Waals surface area contributed by atoms with Crippen molar-refractivity contribution in [2.24, 2.45) is 9.98 Å². The Morgan fingerprint density at radius 1 is 1.11 bits per heavy atom. The molecule has 3 aliphatic rings. The van der Waals surface area contributed by atoms with Crippen LogP contribution in [0.2, 0.25) is 0 Å². The number of likely N-dealkylation sites (tertiary alicyclic amines) is 1. The number of allylic oxidation sites excluding steroid dienone is 3. The third kappa shape index (κ3) is 8.41. The Labute approximate surface area is 276 Å². The highest BCUT2D eigenvalue weighted by atomic mass is 19.1. The van der Waals surface area contributed by atoms with Gasteiger partial charge in [-0.05, 0) is 92.8 Å². The van der Waals surface area contributed by atoms with Crippen LogP contribution in [-0.2, 0) is 15.9 Å². The molecule has 0 spiro atoms. The van der Waals surface area contributed by atoms with Gasteiger partial charge >= 0.3 is 0 Å². The standard InChI is InChI=1S/C37H48F3N5O2/c1-6-30-33(39)14-11-27-9-7-10-31(36(27)30)26(4)34(40)17-32(35(18-38)41-5)37(45-21-28-12-13-29(22-45)43-28)42-23-46-16-8-15-44-19-24(2)47-25(3)20-44/h7,9-11,14,17-18,24-25,28-29,43H,5-6,8,12-13,15-16,19-23H2,1-4H3/b32-17+,34-26-,35-18-,42-37+. The number of nitrogens with one attached hydrogen (secondary N) is 1. The zero-order chi connectivity index (χ0) is 33.5. The second-order valence-electron chi connectivity index (χ2n) is 12.9. The Balaban J connectivity index is 1.45. The number of nitrogens with zero attached hydrogens (tertiary/aromatic N) is 4. The molecule has 0 radical (unpaired) electrons. The summed E-state index contributed by atoms with van der Waals surface area (Å²) >= 11 is 0. The molecule has 2 aromatic carbocycles. The number of hydrogen-bond acceptors (Lipinski definition) is 6. The van der Waals surface area contributed by atoms with Gasteiger partial charge in [0.15, 0.2) is 0 Å². The Hall–Kier alpha value is -3.31. The van der Waals surface area contributed by atoms with Gasteiger partial charge in [-0.25, -0.2) is 18.2 Å². The summed E-state index contributed by atoms with van der Waals surface area (Å²) in [6.45, 7) is 15.8. The highest BCUT2D eigenvalue weighted by Crippen LogP contribution is 2.34. The van der Waals surface area contributed by atoms with Gasteiger partial charge in [-0.15, -0.1) is 0 Å². The quantitative estimate of drug-likeness (QED) is 0.116. The number of amidine groups is 1. The number of halogens is 3. The van der Waals surface area contributed by atoms with Crippen LogP contribution in [0.25, 0.3) is 16.3 Å². The summed E-state index contributed by atoms with van der Waals surface area (Å²) in [6.07, 6.45) is 5.36. The molecule has 7 nitrogen and oxygen atoms in total. The van der Waals surface area contributed by atoms with Crippen LogP contribution in [0.5, 0.6) is 0 Å². The van der Waals surface area contributed by atoms with E-state index in [-0.39, 0.29) is 48.1 Å². The number of rotatable bonds is 12. The Kier molecular flexibility index (Phi) is 12.1. The lowest BCUT2D eigenvalue weighted by molar-refractivity contribution is -0.0693. The Morgan fingerprint density at radius 2 is 1.83 bits per heavy atom. The number of piperazine rings is 1. The first kappa shape index (κ1) is 35.0. The molecule has 2 bridgehead atoms. The van der Waals surface area contributed by atoms with Gasteiger partial charge in [0.2, 0.25) is 0 Å². The lowest BCUT2D eigenvalue weighted by atomic mass is 9.93. The van der Waals surface area contributed by atoms with Crippen molar-refractivity contribution < 1.29 is 22.6 Å². The first-order chi connectivity index (χ1) is 22.7. The summed E-state index contributed by atoms with van der Waals surface area (Å²) in [6, 6.07) is 9.17. The fourth-order valence-electron chi connectivity index (χ4n) is 7.24. The molecule has 47 heavy (non-hydrogen) atoms. The Bertz CT molecular complexity index is 1530. The monoisotopic (exact) mass is 651 g/mol. The van der Waals surface area contributed by atoms with Crippen LogP contribution in [0.15, 0.2) is 69.8 Å². The molecule has 4 unspecified atom stereocenters. The molecule has 0 saturated carbocycles. The van der Waals surface area contributed by atoms with Crippen LogP contribution in [-0.4, -0.2) is 92.7 Å². The van der Waals surface area contributed by atoms with Gasteiger partial charge in [0.05, 0.1) is 18.8 Å². The van der Waals surface area contributed by atoms with E-state index in [4.69, 9.17) is 14.5 Å². The largest absolute Gasteiger partial charge is 0.373 e. The van der Waals surface area contributed by atoms with Crippen molar-refractivity contribution in [3.8, 4) is 0 Å². The summed E-state index contributed by atoms with van der Waals surface area (Å²) in [4.78, 5) is 13.2. The average molecular weight is 652 g/mol. The van der Waals surface area contributed by atoms with E-state index in [1.165, 1.54) is 12.1 Å². The number of aryl methyl sites for hydroxylation is 1. The summed E-state index contributed by atoms with van der Waals surface area (Å²) in [5.74, 6) is -0.508. The van der Waals surface area contributed by atoms with Gasteiger partial charge in [-0.3, -0.25) is 9.89 Å². The maximum absolute atomic E-state index is 16.4. The molecule has 0 amide bonds. The summed E-state index contributed by atoms with van der Waals surface area (Å²) in [5.41, 5.74) is 1.47. The van der Waals surface area contributed by atoms with E-state index in [2.05, 4.69) is 40.7 Å². The maximum atomic E-state index is 16.4. The molecule has 4 atom stereocenters. The summed E-state index contributed by atoms with van der Waals surface area (Å²) < 4.78 is 57.4. The van der Waals surface area contributed by atoms with Crippen LogP contribution in [0.4, 0.5) is 13.2 Å². The predicted molar refractivity (Wildman–Crippen MR) is 185 cm³/mol. The van der Waals surface area contributed by atoms with Crippen molar-refractivity contribution >= 4 is 28.9 Å². The molecule has 2 aromatic rings. The molecule has 5 rings (SSSR count). The summed E-state index contributed by atoms with van der Waals surface area (Å²) in [7, 11) is 0. The first-order valence-electron chi connectivity index (χ1n) is 16.8. The first-order valence-corrected chi connectivity index (χ1v) is 16.8. The van der Waals surface area contributed by atoms with Crippen molar-refractivity contribution in [3.05, 3.63) is 76.8 Å². The lowest BCUT2D eigenvalue weighted by Crippen LogP contribution is -2.53. The smallest absolute Gasteiger partial charge is 0.139 e. The minimum atomic E-state index is -0.595. The predicted octanol–water partition coefficient (Wildman–Crippen LogP) is 6.99. The molecule has 3 fully saturated rings. The van der Waals surface area contributed by atoms with E-state index in [0.717, 1.165) is 44.3 Å². The second kappa shape index (κ2) is 16.2. The van der Waals surface area contributed by atoms with E-state index < -0.39 is 5.83 Å². The molecule has 254 valence electrons. The molecule has 3 aliphatic heterocycles. The van der Waals surface area contributed by atoms with Gasteiger partial charge in [-0.1, -0.05) is 31.2 Å². The minimum absolute atomic E-state index is 0.0331. The molecule has 3 saturated heterocycles. The van der Waals surface area contributed by atoms with Crippen LogP contribution >= 0.6 is 0 Å². The van der Waals surface area contributed by atoms with E-state index in [0.29, 0.717) is 60.4 Å². The van der Waals surface area contributed by atoms with Gasteiger partial charge in [0.25, 0.3) is 0 Å². The zero-order valence-corrected chi connectivity index (χ0v) is 28.1. The van der Waals surface area contributed by atoms with Gasteiger partial charge in [0, 0.05) is 50.4 Å². The van der Waals surface area contributed by atoms with Crippen LogP contribution in [0.1, 0.15) is 58.1 Å². The SMILES string of the molecule is C=NC(=C\F)/C(=C\C(F)=C(/C)c1cccc2ccc(F)c(CC)c12)C(=N\COCCCN1CC(C)OC(C)C1)/N1CC2CCC(C1)N2. The number of ether oxygens (including phenoxy) is 2. The lowest BCUT2D eigenvalue weighted by Gasteiger charge is -2.36. The maximum Gasteiger partial charge on any atom is 0.139 e. The Morgan fingerprint density at radius 3 is 2.49 bits per heavy atom. The molecule has 0 aromatic heterocycles. The average Bonchev–Trinajstić information content (AvgIpc) is 3.40. The van der Waals surface area contributed by atoms with Crippen LogP contribution in [0, 0.1) is 5.82 Å². The van der Waals surface area contributed by atoms with Gasteiger partial charge in [0.1, 0.15) is 36.2 Å². The molecule has 1 N–H and O–H groups in total. The highest BCUT2D eigenvalue weighted by Gasteiger charge is 2.35. The van der Waals surface area contributed by atoms with Crippen molar-refractivity contribution in [2.45, 2.75) is 77.7 Å². The number of benzene rings is 2. The van der Waals surface area contributed by atoms with Crippen molar-refractivity contribution in [1.29, 1.82) is 0 Å². The number of morpholine rings is 1. The van der Waals surface area contributed by atoms with E-state index >= 15 is 4.39 Å². The van der Waals surface area contributed by atoms with Crippen LogP contribution in [0.3, 0.4) is 0 Å². The molecule has 3 heterocycles. The normalized spacial score (nSPS) is 25.0. The number of hydrogen-bond donors (Lipinski definition) is 1. The van der Waals surface area contributed by atoms with Gasteiger partial charge < -0.3 is 19.7 Å². The third-order valence-corrected chi connectivity index (χ3v) is 9.35. The fourth-order valence-corrected chi connectivity index (χ4v) is 7.24.